The number of benzene rings is 1. The van der Waals surface area contributed by atoms with Crippen molar-refractivity contribution in [3.8, 4) is 5.75 Å². The molecular formula is C34H56N4O14. The number of hydrogen-bond acceptors (Lipinski definition) is 14. The largest absolute Gasteiger partial charge is 0.491 e. The number of aliphatic hydroxyl groups is 3. The van der Waals surface area contributed by atoms with Crippen molar-refractivity contribution in [3.63, 3.8) is 0 Å². The van der Waals surface area contributed by atoms with Crippen LogP contribution >= 0.6 is 0 Å². The van der Waals surface area contributed by atoms with Gasteiger partial charge in [0.05, 0.1) is 39.6 Å². The van der Waals surface area contributed by atoms with Gasteiger partial charge in [0, 0.05) is 59.0 Å². The van der Waals surface area contributed by atoms with Crippen LogP contribution in [0.4, 0.5) is 0 Å². The van der Waals surface area contributed by atoms with Crippen molar-refractivity contribution in [2.24, 2.45) is 0 Å². The van der Waals surface area contributed by atoms with Crippen LogP contribution < -0.4 is 4.74 Å². The van der Waals surface area contributed by atoms with Gasteiger partial charge in [0.1, 0.15) is 36.5 Å². The zero-order valence-electron chi connectivity index (χ0n) is 29.8. The summed E-state index contributed by atoms with van der Waals surface area (Å²) in [6, 6.07) is 2.29. The molecule has 0 bridgehead atoms. The first-order valence-electron chi connectivity index (χ1n) is 17.5. The molecular weight excluding hydrogens is 688 g/mol. The van der Waals surface area contributed by atoms with Gasteiger partial charge < -0.3 is 50.0 Å². The Morgan fingerprint density at radius 3 is 1.31 bits per heavy atom. The lowest BCUT2D eigenvalue weighted by Crippen LogP contribution is -2.57. The average Bonchev–Trinajstić information content (AvgIpc) is 3.10. The van der Waals surface area contributed by atoms with Gasteiger partial charge in [-0.1, -0.05) is 12.1 Å². The highest BCUT2D eigenvalue weighted by atomic mass is 16.5. The molecule has 296 valence electrons. The zero-order chi connectivity index (χ0) is 38.5. The molecule has 1 aliphatic rings. The smallest absolute Gasteiger partial charge is 0.323 e. The predicted molar refractivity (Wildman–Crippen MR) is 185 cm³/mol. The van der Waals surface area contributed by atoms with Crippen molar-refractivity contribution in [2.75, 3.05) is 105 Å². The van der Waals surface area contributed by atoms with E-state index in [1.165, 1.54) is 14.7 Å². The molecule has 18 nitrogen and oxygen atoms in total. The first-order valence-corrected chi connectivity index (χ1v) is 17.5. The number of aliphatic carboxylic acids is 4. The second-order valence-corrected chi connectivity index (χ2v) is 12.3. The third kappa shape index (κ3) is 15.3. The van der Waals surface area contributed by atoms with Crippen LogP contribution in [0.15, 0.2) is 24.3 Å². The quantitative estimate of drug-likeness (QED) is 0.0627. The van der Waals surface area contributed by atoms with Crippen LogP contribution in [0.25, 0.3) is 0 Å². The molecule has 0 spiro atoms. The molecule has 1 fully saturated rings. The molecule has 0 aromatic heterocycles. The standard InChI is InChI=1S/C34H56N4O14/c1-2-50-18-19-51-20-21-52-26-8-6-25(7-9-26)4-3-5-27(31(42)43)35-10-12-36(28(22-39)32(44)45)14-16-38(30(24-41)34(48)49)17-15-37(13-11-35)29(23-40)33(46)47/h6-9,27-30,39-41H,2-5,10-24H2,1H3,(H,42,43)(H,44,45)(H,46,47)(H,48,49)/t27-,28-,29?,30+/m0/s1. The van der Waals surface area contributed by atoms with Crippen molar-refractivity contribution in [3.05, 3.63) is 29.8 Å². The van der Waals surface area contributed by atoms with Crippen LogP contribution in [0.1, 0.15) is 25.3 Å². The number of ether oxygens (including phenoxy) is 3. The Balaban J connectivity index is 2.22. The normalized spacial score (nSPS) is 18.4. The van der Waals surface area contributed by atoms with Crippen LogP contribution in [0.3, 0.4) is 0 Å². The molecule has 1 aromatic carbocycles. The van der Waals surface area contributed by atoms with Crippen molar-refractivity contribution in [1.29, 1.82) is 0 Å². The van der Waals surface area contributed by atoms with E-state index in [4.69, 9.17) is 14.2 Å². The summed E-state index contributed by atoms with van der Waals surface area (Å²) in [4.78, 5) is 54.6. The Labute approximate surface area is 303 Å². The summed E-state index contributed by atoms with van der Waals surface area (Å²) in [5.74, 6) is -4.43. The van der Waals surface area contributed by atoms with E-state index in [0.717, 1.165) is 5.56 Å². The molecule has 0 amide bonds. The average molecular weight is 745 g/mol. The van der Waals surface area contributed by atoms with Gasteiger partial charge in [-0.25, -0.2) is 0 Å². The van der Waals surface area contributed by atoms with Gasteiger partial charge in [0.2, 0.25) is 0 Å². The highest BCUT2D eigenvalue weighted by molar-refractivity contribution is 5.75. The fraction of sp³-hybridized carbons (Fsp3) is 0.706. The molecule has 0 aliphatic carbocycles. The third-order valence-corrected chi connectivity index (χ3v) is 9.06. The number of hydrogen-bond donors (Lipinski definition) is 7. The lowest BCUT2D eigenvalue weighted by Gasteiger charge is -2.39. The summed E-state index contributed by atoms with van der Waals surface area (Å²) in [6.07, 6.45) is 1.24. The van der Waals surface area contributed by atoms with Gasteiger partial charge >= 0.3 is 23.9 Å². The van der Waals surface area contributed by atoms with E-state index in [1.807, 2.05) is 31.2 Å². The maximum absolute atomic E-state index is 12.7. The molecule has 1 aromatic rings. The summed E-state index contributed by atoms with van der Waals surface area (Å²) in [5.41, 5.74) is 0.960. The fourth-order valence-corrected chi connectivity index (χ4v) is 6.07. The molecule has 1 aliphatic heterocycles. The van der Waals surface area contributed by atoms with E-state index in [9.17, 15) is 54.9 Å². The minimum atomic E-state index is -1.38. The van der Waals surface area contributed by atoms with Crippen LogP contribution in [0.5, 0.6) is 5.75 Å². The molecule has 0 saturated carbocycles. The molecule has 4 atom stereocenters. The van der Waals surface area contributed by atoms with Crippen molar-refractivity contribution < 1.29 is 69.1 Å². The van der Waals surface area contributed by atoms with E-state index < -0.39 is 67.9 Å². The third-order valence-electron chi connectivity index (χ3n) is 9.06. The monoisotopic (exact) mass is 744 g/mol. The van der Waals surface area contributed by atoms with E-state index in [-0.39, 0.29) is 58.8 Å². The first-order chi connectivity index (χ1) is 25.0. The van der Waals surface area contributed by atoms with Crippen LogP contribution in [-0.2, 0) is 35.1 Å². The van der Waals surface area contributed by atoms with Gasteiger partial charge in [-0.3, -0.25) is 38.8 Å². The Kier molecular flexibility index (Phi) is 21.2. The van der Waals surface area contributed by atoms with E-state index in [1.54, 1.807) is 4.90 Å². The summed E-state index contributed by atoms with van der Waals surface area (Å²) in [5, 5.41) is 69.5. The number of aryl methyl sites for hydroxylation is 1. The summed E-state index contributed by atoms with van der Waals surface area (Å²) in [7, 11) is 0. The van der Waals surface area contributed by atoms with Gasteiger partial charge in [-0.15, -0.1) is 0 Å². The fourth-order valence-electron chi connectivity index (χ4n) is 6.07. The summed E-state index contributed by atoms with van der Waals surface area (Å²) < 4.78 is 16.4. The molecule has 0 radical (unpaired) electrons. The lowest BCUT2D eigenvalue weighted by molar-refractivity contribution is -0.149. The number of carboxylic acid groups (broad SMARTS) is 4. The van der Waals surface area contributed by atoms with E-state index in [2.05, 4.69) is 0 Å². The molecule has 1 saturated heterocycles. The predicted octanol–water partition coefficient (Wildman–Crippen LogP) is -1.55. The molecule has 2 rings (SSSR count). The van der Waals surface area contributed by atoms with Gasteiger partial charge in [-0.2, -0.15) is 0 Å². The van der Waals surface area contributed by atoms with Gasteiger partial charge in [0.25, 0.3) is 0 Å². The summed E-state index contributed by atoms with van der Waals surface area (Å²) in [6.45, 7) is 1.81. The number of carbonyl (C=O) groups is 4. The van der Waals surface area contributed by atoms with Gasteiger partial charge in [0.15, 0.2) is 0 Å². The number of carboxylic acids is 4. The van der Waals surface area contributed by atoms with Crippen molar-refractivity contribution in [1.82, 2.24) is 19.6 Å². The second kappa shape index (κ2) is 24.7. The molecule has 7 N–H and O–H groups in total. The lowest BCUT2D eigenvalue weighted by atomic mass is 10.0. The Morgan fingerprint density at radius 2 is 0.942 bits per heavy atom. The number of nitrogens with zero attached hydrogens (tertiary/aromatic N) is 4. The maximum atomic E-state index is 12.7. The highest BCUT2D eigenvalue weighted by Gasteiger charge is 2.34. The van der Waals surface area contributed by atoms with Gasteiger partial charge in [-0.05, 0) is 43.9 Å². The second-order valence-electron chi connectivity index (χ2n) is 12.3. The van der Waals surface area contributed by atoms with Crippen molar-refractivity contribution >= 4 is 23.9 Å². The van der Waals surface area contributed by atoms with Crippen LogP contribution in [0.2, 0.25) is 0 Å². The van der Waals surface area contributed by atoms with Crippen LogP contribution in [-0.4, -0.2) is 209 Å². The van der Waals surface area contributed by atoms with Crippen LogP contribution in [0, 0.1) is 0 Å². The highest BCUT2D eigenvalue weighted by Crippen LogP contribution is 2.17. The zero-order valence-corrected chi connectivity index (χ0v) is 29.8. The SMILES string of the molecule is CCOCCOCCOc1ccc(CCC[C@@H](C(=O)O)N2CCN(C(CO)C(=O)O)CCN([C@H](CO)C(=O)O)CCN([C@@H](CO)C(=O)O)CC2)cc1. The summed E-state index contributed by atoms with van der Waals surface area (Å²) >= 11 is 0. The number of rotatable bonds is 23. The van der Waals surface area contributed by atoms with E-state index >= 15 is 0 Å². The first kappa shape index (κ1) is 44.7. The minimum absolute atomic E-state index is 0.0204. The van der Waals surface area contributed by atoms with Crippen molar-refractivity contribution in [2.45, 2.75) is 50.4 Å². The topological polar surface area (TPSA) is 251 Å². The maximum Gasteiger partial charge on any atom is 0.323 e. The number of aliphatic hydroxyl groups excluding tert-OH is 3. The molecule has 18 heteroatoms. The molecule has 1 unspecified atom stereocenters. The Bertz CT molecular complexity index is 1170. The minimum Gasteiger partial charge on any atom is -0.491 e. The Hall–Kier alpha value is -3.46. The van der Waals surface area contributed by atoms with E-state index in [0.29, 0.717) is 51.6 Å². The Morgan fingerprint density at radius 1 is 0.577 bits per heavy atom. The molecule has 52 heavy (non-hydrogen) atoms. The molecule has 1 heterocycles.